The monoisotopic (exact) mass is 296 g/mol. The van der Waals surface area contributed by atoms with Crippen LogP contribution in [0.3, 0.4) is 0 Å². The topological polar surface area (TPSA) is 93.8 Å². The zero-order valence-electron chi connectivity index (χ0n) is 11.4. The van der Waals surface area contributed by atoms with Gasteiger partial charge in [0.25, 0.3) is 0 Å². The van der Waals surface area contributed by atoms with E-state index in [0.717, 1.165) is 12.8 Å². The number of aromatic amines is 1. The number of carbonyl (C=O) groups is 1. The van der Waals surface area contributed by atoms with Crippen LogP contribution in [0.15, 0.2) is 11.0 Å². The third-order valence-corrected chi connectivity index (χ3v) is 3.77. The molecule has 108 valence electrons. The summed E-state index contributed by atoms with van der Waals surface area (Å²) >= 11 is 6.12. The van der Waals surface area contributed by atoms with Gasteiger partial charge in [0.2, 0.25) is 5.91 Å². The van der Waals surface area contributed by atoms with Gasteiger partial charge in [-0.3, -0.25) is 14.3 Å². The quantitative estimate of drug-likeness (QED) is 0.880. The van der Waals surface area contributed by atoms with E-state index in [1.165, 1.54) is 6.20 Å². The van der Waals surface area contributed by atoms with Gasteiger partial charge in [-0.25, -0.2) is 9.78 Å². The number of rotatable bonds is 5. The summed E-state index contributed by atoms with van der Waals surface area (Å²) < 4.78 is 1.63. The lowest BCUT2D eigenvalue weighted by Gasteiger charge is -2.16. The van der Waals surface area contributed by atoms with Crippen molar-refractivity contribution >= 4 is 28.7 Å². The van der Waals surface area contributed by atoms with Crippen LogP contribution in [0.25, 0.3) is 11.2 Å². The van der Waals surface area contributed by atoms with Crippen LogP contribution >= 0.6 is 11.6 Å². The number of aromatic nitrogens is 3. The van der Waals surface area contributed by atoms with Crippen LogP contribution in [0, 0.1) is 0 Å². The highest BCUT2D eigenvalue weighted by molar-refractivity contribution is 6.32. The number of pyridine rings is 1. The fourth-order valence-corrected chi connectivity index (χ4v) is 2.68. The highest BCUT2D eigenvalue weighted by atomic mass is 35.5. The lowest BCUT2D eigenvalue weighted by atomic mass is 10.1. The zero-order valence-corrected chi connectivity index (χ0v) is 12.2. The average molecular weight is 297 g/mol. The number of hydrogen-bond acceptors (Lipinski definition) is 3. The number of H-pyrrole nitrogens is 1. The number of nitrogens with zero attached hydrogens (tertiary/aromatic N) is 2. The highest BCUT2D eigenvalue weighted by Gasteiger charge is 2.20. The number of hydrogen-bond donors (Lipinski definition) is 2. The lowest BCUT2D eigenvalue weighted by Crippen LogP contribution is -2.22. The smallest absolute Gasteiger partial charge is 0.327 e. The van der Waals surface area contributed by atoms with Gasteiger partial charge in [0.1, 0.15) is 0 Å². The molecule has 0 aliphatic heterocycles. The van der Waals surface area contributed by atoms with E-state index in [1.807, 2.05) is 13.8 Å². The first-order valence-corrected chi connectivity index (χ1v) is 6.93. The van der Waals surface area contributed by atoms with Crippen LogP contribution < -0.4 is 11.4 Å². The normalized spacial score (nSPS) is 11.4. The van der Waals surface area contributed by atoms with E-state index in [1.54, 1.807) is 4.57 Å². The minimum absolute atomic E-state index is 0.0186. The Balaban J connectivity index is 2.80. The van der Waals surface area contributed by atoms with Crippen LogP contribution in [0.5, 0.6) is 0 Å². The second-order valence-electron chi connectivity index (χ2n) is 4.70. The Morgan fingerprint density at radius 1 is 1.50 bits per heavy atom. The molecular weight excluding hydrogens is 280 g/mol. The Labute approximate surface area is 120 Å². The highest BCUT2D eigenvalue weighted by Crippen LogP contribution is 2.27. The molecule has 7 heteroatoms. The van der Waals surface area contributed by atoms with Gasteiger partial charge in [0.15, 0.2) is 5.65 Å². The fraction of sp³-hybridized carbons (Fsp3) is 0.462. The average Bonchev–Trinajstić information content (AvgIpc) is 2.72. The van der Waals surface area contributed by atoms with Gasteiger partial charge in [-0.1, -0.05) is 25.4 Å². The van der Waals surface area contributed by atoms with E-state index in [4.69, 9.17) is 17.3 Å². The lowest BCUT2D eigenvalue weighted by molar-refractivity contribution is -0.117. The molecule has 2 rings (SSSR count). The molecule has 0 bridgehead atoms. The molecule has 3 N–H and O–H groups in total. The maximum absolute atomic E-state index is 12.2. The van der Waals surface area contributed by atoms with Crippen LogP contribution in [-0.2, 0) is 11.2 Å². The van der Waals surface area contributed by atoms with Crippen molar-refractivity contribution in [2.45, 2.75) is 39.2 Å². The molecule has 0 radical (unpaired) electrons. The van der Waals surface area contributed by atoms with Crippen LogP contribution in [0.4, 0.5) is 0 Å². The van der Waals surface area contributed by atoms with E-state index >= 15 is 0 Å². The molecule has 0 atom stereocenters. The van der Waals surface area contributed by atoms with Gasteiger partial charge in [-0.15, -0.1) is 0 Å². The van der Waals surface area contributed by atoms with Crippen molar-refractivity contribution in [3.8, 4) is 0 Å². The standard InChI is InChI=1S/C13H17ClN4O2/c1-3-7(4-2)18-11-8(5-10(15)19)9(14)6-16-12(11)17-13(18)20/h6-7H,3-5H2,1-2H3,(H2,15,19)(H,16,17,20). The van der Waals surface area contributed by atoms with E-state index in [0.29, 0.717) is 21.7 Å². The number of nitrogens with one attached hydrogen (secondary N) is 1. The van der Waals surface area contributed by atoms with Crippen molar-refractivity contribution in [2.24, 2.45) is 5.73 Å². The van der Waals surface area contributed by atoms with Gasteiger partial charge < -0.3 is 5.73 Å². The summed E-state index contributed by atoms with van der Waals surface area (Å²) in [6, 6.07) is 0.0307. The SMILES string of the molecule is CCC(CC)n1c(=O)[nH]c2ncc(Cl)c(CC(N)=O)c21. The van der Waals surface area contributed by atoms with E-state index in [9.17, 15) is 9.59 Å². The predicted molar refractivity (Wildman–Crippen MR) is 77.9 cm³/mol. The third kappa shape index (κ3) is 2.43. The van der Waals surface area contributed by atoms with Gasteiger partial charge in [0.05, 0.1) is 17.0 Å². The van der Waals surface area contributed by atoms with Crippen molar-refractivity contribution in [3.63, 3.8) is 0 Å². The number of halogens is 1. The predicted octanol–water partition coefficient (Wildman–Crippen LogP) is 1.77. The molecule has 0 saturated carbocycles. The number of imidazole rings is 1. The van der Waals surface area contributed by atoms with Crippen molar-refractivity contribution in [1.29, 1.82) is 0 Å². The van der Waals surface area contributed by atoms with E-state index in [2.05, 4.69) is 9.97 Å². The Morgan fingerprint density at radius 3 is 2.70 bits per heavy atom. The van der Waals surface area contributed by atoms with Crippen LogP contribution in [-0.4, -0.2) is 20.4 Å². The van der Waals surface area contributed by atoms with Crippen molar-refractivity contribution < 1.29 is 4.79 Å². The van der Waals surface area contributed by atoms with Gasteiger partial charge >= 0.3 is 5.69 Å². The van der Waals surface area contributed by atoms with Crippen LogP contribution in [0.1, 0.15) is 38.3 Å². The molecule has 0 saturated heterocycles. The minimum Gasteiger partial charge on any atom is -0.369 e. The number of primary amides is 1. The summed E-state index contributed by atoms with van der Waals surface area (Å²) in [6.45, 7) is 4.01. The maximum atomic E-state index is 12.2. The first kappa shape index (κ1) is 14.6. The largest absolute Gasteiger partial charge is 0.369 e. The molecular formula is C13H17ClN4O2. The fourth-order valence-electron chi connectivity index (χ4n) is 2.47. The summed E-state index contributed by atoms with van der Waals surface area (Å²) in [5, 5.41) is 0.343. The zero-order chi connectivity index (χ0) is 14.9. The van der Waals surface area contributed by atoms with Crippen LogP contribution in [0.2, 0.25) is 5.02 Å². The molecule has 0 spiro atoms. The Bertz CT molecular complexity index is 700. The molecule has 20 heavy (non-hydrogen) atoms. The van der Waals surface area contributed by atoms with Crippen molar-refractivity contribution in [2.75, 3.05) is 0 Å². The molecule has 2 aromatic heterocycles. The molecule has 0 unspecified atom stereocenters. The molecule has 2 heterocycles. The molecule has 0 aliphatic rings. The molecule has 0 aliphatic carbocycles. The summed E-state index contributed by atoms with van der Waals surface area (Å²) in [5.41, 5.74) is 6.59. The molecule has 0 aromatic carbocycles. The maximum Gasteiger partial charge on any atom is 0.327 e. The van der Waals surface area contributed by atoms with Gasteiger partial charge in [-0.2, -0.15) is 0 Å². The number of nitrogens with two attached hydrogens (primary N) is 1. The minimum atomic E-state index is -0.496. The second kappa shape index (κ2) is 5.66. The summed E-state index contributed by atoms with van der Waals surface area (Å²) in [7, 11) is 0. The summed E-state index contributed by atoms with van der Waals surface area (Å²) in [6.07, 6.45) is 3.00. The van der Waals surface area contributed by atoms with Gasteiger partial charge in [-0.05, 0) is 12.8 Å². The number of amides is 1. The summed E-state index contributed by atoms with van der Waals surface area (Å²) in [4.78, 5) is 30.2. The second-order valence-corrected chi connectivity index (χ2v) is 5.10. The summed E-state index contributed by atoms with van der Waals surface area (Å²) in [5.74, 6) is -0.496. The Hall–Kier alpha value is -1.82. The number of fused-ring (bicyclic) bond motifs is 1. The van der Waals surface area contributed by atoms with E-state index in [-0.39, 0.29) is 18.2 Å². The van der Waals surface area contributed by atoms with Crippen molar-refractivity contribution in [1.82, 2.24) is 14.5 Å². The third-order valence-electron chi connectivity index (χ3n) is 3.45. The van der Waals surface area contributed by atoms with E-state index < -0.39 is 5.91 Å². The Kier molecular flexibility index (Phi) is 4.13. The molecule has 1 amide bonds. The Morgan fingerprint density at radius 2 is 2.15 bits per heavy atom. The van der Waals surface area contributed by atoms with Gasteiger partial charge in [0, 0.05) is 17.8 Å². The molecule has 6 nitrogen and oxygen atoms in total. The first-order valence-electron chi connectivity index (χ1n) is 6.55. The number of carbonyl (C=O) groups excluding carboxylic acids is 1. The first-order chi connectivity index (χ1) is 9.49. The molecule has 0 fully saturated rings. The van der Waals surface area contributed by atoms with Crippen molar-refractivity contribution in [3.05, 3.63) is 27.3 Å². The molecule has 2 aromatic rings.